The molecule has 0 spiro atoms. The molecular formula is C11H12ClNO2. The molecule has 0 saturated carbocycles. The van der Waals surface area contributed by atoms with Crippen LogP contribution in [0.25, 0.3) is 0 Å². The van der Waals surface area contributed by atoms with Crippen LogP contribution in [0, 0.1) is 18.3 Å². The van der Waals surface area contributed by atoms with Crippen molar-refractivity contribution in [1.29, 1.82) is 5.26 Å². The Morgan fingerprint density at radius 1 is 1.40 bits per heavy atom. The van der Waals surface area contributed by atoms with E-state index in [2.05, 4.69) is 0 Å². The van der Waals surface area contributed by atoms with E-state index in [4.69, 9.17) is 16.9 Å². The minimum Gasteiger partial charge on any atom is -0.389 e. The molecule has 1 aromatic carbocycles. The summed E-state index contributed by atoms with van der Waals surface area (Å²) in [5, 5.41) is 28.0. The smallest absolute Gasteiger partial charge is 0.106 e. The Bertz CT molecular complexity index is 366. The summed E-state index contributed by atoms with van der Waals surface area (Å²) < 4.78 is 0. The van der Waals surface area contributed by atoms with Crippen molar-refractivity contribution in [2.45, 2.75) is 25.6 Å². The van der Waals surface area contributed by atoms with Crippen LogP contribution in [-0.4, -0.2) is 16.3 Å². The highest BCUT2D eigenvalue weighted by atomic mass is 35.5. The summed E-state index contributed by atoms with van der Waals surface area (Å²) in [6, 6.07) is 6.88. The molecule has 0 heterocycles. The Morgan fingerprint density at radius 3 is 2.60 bits per heavy atom. The van der Waals surface area contributed by atoms with E-state index < -0.39 is 12.2 Å². The zero-order valence-electron chi connectivity index (χ0n) is 8.31. The lowest BCUT2D eigenvalue weighted by atomic mass is 10.0. The summed E-state index contributed by atoms with van der Waals surface area (Å²) in [5.41, 5.74) is 1.43. The third-order valence-electron chi connectivity index (χ3n) is 2.07. The summed E-state index contributed by atoms with van der Waals surface area (Å²) in [6.45, 7) is 1.85. The van der Waals surface area contributed by atoms with Gasteiger partial charge < -0.3 is 10.2 Å². The largest absolute Gasteiger partial charge is 0.389 e. The molecule has 0 fully saturated rings. The first-order chi connectivity index (χ1) is 7.04. The van der Waals surface area contributed by atoms with Gasteiger partial charge in [0.2, 0.25) is 0 Å². The lowest BCUT2D eigenvalue weighted by Crippen LogP contribution is -2.17. The van der Waals surface area contributed by atoms with E-state index in [0.29, 0.717) is 10.6 Å². The number of nitrogens with zero attached hydrogens (tertiary/aromatic N) is 1. The lowest BCUT2D eigenvalue weighted by molar-refractivity contribution is 0.0216. The molecule has 3 nitrogen and oxygen atoms in total. The Balaban J connectivity index is 2.91. The topological polar surface area (TPSA) is 64.2 Å². The predicted molar refractivity (Wildman–Crippen MR) is 57.4 cm³/mol. The number of hydrogen-bond donors (Lipinski definition) is 2. The quantitative estimate of drug-likeness (QED) is 0.827. The van der Waals surface area contributed by atoms with E-state index in [1.165, 1.54) is 0 Å². The maximum atomic E-state index is 9.71. The summed E-state index contributed by atoms with van der Waals surface area (Å²) >= 11 is 5.82. The van der Waals surface area contributed by atoms with Crippen LogP contribution in [0.2, 0.25) is 5.02 Å². The molecule has 0 radical (unpaired) electrons. The third kappa shape index (κ3) is 3.21. The van der Waals surface area contributed by atoms with E-state index in [1.54, 1.807) is 24.3 Å². The number of aliphatic hydroxyl groups is 2. The maximum absolute atomic E-state index is 9.71. The molecule has 1 aromatic rings. The van der Waals surface area contributed by atoms with Gasteiger partial charge in [-0.3, -0.25) is 0 Å². The van der Waals surface area contributed by atoms with Gasteiger partial charge in [-0.05, 0) is 30.2 Å². The molecule has 0 aromatic heterocycles. The van der Waals surface area contributed by atoms with E-state index in [9.17, 15) is 10.2 Å². The molecule has 2 atom stereocenters. The van der Waals surface area contributed by atoms with Crippen LogP contribution >= 0.6 is 11.6 Å². The van der Waals surface area contributed by atoms with Gasteiger partial charge in [0, 0.05) is 5.02 Å². The van der Waals surface area contributed by atoms with Crippen LogP contribution in [0.5, 0.6) is 0 Å². The maximum Gasteiger partial charge on any atom is 0.106 e. The number of rotatable bonds is 3. The van der Waals surface area contributed by atoms with Crippen molar-refractivity contribution in [3.05, 3.63) is 34.3 Å². The van der Waals surface area contributed by atoms with Gasteiger partial charge in [0.1, 0.15) is 6.10 Å². The van der Waals surface area contributed by atoms with Gasteiger partial charge in [0.25, 0.3) is 0 Å². The molecule has 0 amide bonds. The third-order valence-corrected chi connectivity index (χ3v) is 2.29. The van der Waals surface area contributed by atoms with Crippen LogP contribution in [0.4, 0.5) is 0 Å². The van der Waals surface area contributed by atoms with Crippen LogP contribution in [0.15, 0.2) is 18.2 Å². The van der Waals surface area contributed by atoms with Crippen molar-refractivity contribution in [3.8, 4) is 6.07 Å². The van der Waals surface area contributed by atoms with E-state index in [1.807, 2.05) is 6.92 Å². The molecule has 1 rings (SSSR count). The van der Waals surface area contributed by atoms with Gasteiger partial charge in [-0.2, -0.15) is 5.26 Å². The van der Waals surface area contributed by atoms with Gasteiger partial charge in [-0.25, -0.2) is 0 Å². The molecule has 15 heavy (non-hydrogen) atoms. The fourth-order valence-corrected chi connectivity index (χ4v) is 1.66. The summed E-state index contributed by atoms with van der Waals surface area (Å²) in [6.07, 6.45) is -2.25. The standard InChI is InChI=1S/C11H12ClNO2/c1-7-4-8(6-9(12)5-7)11(15)10(14)2-3-13/h4-6,10-11,14-15H,2H2,1H3. The van der Waals surface area contributed by atoms with Crippen molar-refractivity contribution in [2.75, 3.05) is 0 Å². The van der Waals surface area contributed by atoms with Crippen molar-refractivity contribution in [2.24, 2.45) is 0 Å². The van der Waals surface area contributed by atoms with Crippen LogP contribution in [0.1, 0.15) is 23.7 Å². The monoisotopic (exact) mass is 225 g/mol. The van der Waals surface area contributed by atoms with E-state index in [0.717, 1.165) is 5.56 Å². The molecule has 2 N–H and O–H groups in total. The zero-order valence-corrected chi connectivity index (χ0v) is 9.07. The second-order valence-electron chi connectivity index (χ2n) is 3.44. The number of aryl methyl sites for hydroxylation is 1. The van der Waals surface area contributed by atoms with Gasteiger partial charge in [-0.15, -0.1) is 0 Å². The average molecular weight is 226 g/mol. The first-order valence-corrected chi connectivity index (χ1v) is 4.92. The van der Waals surface area contributed by atoms with Gasteiger partial charge >= 0.3 is 0 Å². The van der Waals surface area contributed by atoms with Crippen LogP contribution in [0.3, 0.4) is 0 Å². The second kappa shape index (κ2) is 5.13. The Hall–Kier alpha value is -1.08. The summed E-state index contributed by atoms with van der Waals surface area (Å²) in [5.74, 6) is 0. The van der Waals surface area contributed by atoms with Gasteiger partial charge in [0.05, 0.1) is 18.6 Å². The predicted octanol–water partition coefficient (Wildman–Crippen LogP) is 1.96. The fraction of sp³-hybridized carbons (Fsp3) is 0.364. The van der Waals surface area contributed by atoms with Crippen LogP contribution in [-0.2, 0) is 0 Å². The van der Waals surface area contributed by atoms with E-state index >= 15 is 0 Å². The van der Waals surface area contributed by atoms with Crippen molar-refractivity contribution >= 4 is 11.6 Å². The van der Waals surface area contributed by atoms with E-state index in [-0.39, 0.29) is 6.42 Å². The summed E-state index contributed by atoms with van der Waals surface area (Å²) in [4.78, 5) is 0. The molecule has 0 aliphatic rings. The Labute approximate surface area is 93.5 Å². The van der Waals surface area contributed by atoms with Gasteiger partial charge in [0.15, 0.2) is 0 Å². The van der Waals surface area contributed by atoms with Crippen molar-refractivity contribution < 1.29 is 10.2 Å². The minimum atomic E-state index is -1.08. The van der Waals surface area contributed by atoms with Crippen molar-refractivity contribution in [3.63, 3.8) is 0 Å². The SMILES string of the molecule is Cc1cc(Cl)cc(C(O)C(O)CC#N)c1. The average Bonchev–Trinajstić information content (AvgIpc) is 2.15. The Kier molecular flexibility index (Phi) is 4.10. The molecule has 0 aliphatic carbocycles. The molecule has 0 saturated heterocycles. The highest BCUT2D eigenvalue weighted by molar-refractivity contribution is 6.30. The number of nitriles is 1. The minimum absolute atomic E-state index is 0.104. The molecule has 0 aliphatic heterocycles. The lowest BCUT2D eigenvalue weighted by Gasteiger charge is -2.16. The number of aliphatic hydroxyl groups excluding tert-OH is 2. The molecule has 0 bridgehead atoms. The highest BCUT2D eigenvalue weighted by Gasteiger charge is 2.18. The number of hydrogen-bond acceptors (Lipinski definition) is 3. The number of halogens is 1. The van der Waals surface area contributed by atoms with Crippen molar-refractivity contribution in [1.82, 2.24) is 0 Å². The molecular weight excluding hydrogens is 214 g/mol. The first-order valence-electron chi connectivity index (χ1n) is 4.54. The Morgan fingerprint density at radius 2 is 2.07 bits per heavy atom. The molecule has 80 valence electrons. The first kappa shape index (κ1) is 12.0. The number of benzene rings is 1. The fourth-order valence-electron chi connectivity index (χ4n) is 1.36. The normalized spacial score (nSPS) is 14.3. The second-order valence-corrected chi connectivity index (χ2v) is 3.87. The van der Waals surface area contributed by atoms with Crippen LogP contribution < -0.4 is 0 Å². The van der Waals surface area contributed by atoms with Gasteiger partial charge in [-0.1, -0.05) is 17.7 Å². The molecule has 4 heteroatoms. The summed E-state index contributed by atoms with van der Waals surface area (Å²) in [7, 11) is 0. The zero-order chi connectivity index (χ0) is 11.4. The highest BCUT2D eigenvalue weighted by Crippen LogP contribution is 2.23. The molecule has 2 unspecified atom stereocenters.